The molecule has 1 unspecified atom stereocenters. The average molecular weight is 248 g/mol. The summed E-state index contributed by atoms with van der Waals surface area (Å²) in [4.78, 5) is 13.1. The number of nitrogens with zero attached hydrogens (tertiary/aromatic N) is 1. The van der Waals surface area contributed by atoms with Crippen LogP contribution >= 0.6 is 11.8 Å². The van der Waals surface area contributed by atoms with Crippen LogP contribution in [0.15, 0.2) is 0 Å². The summed E-state index contributed by atoms with van der Waals surface area (Å²) in [5, 5.41) is 13.0. The van der Waals surface area contributed by atoms with E-state index in [0.717, 1.165) is 26.2 Å². The summed E-state index contributed by atoms with van der Waals surface area (Å²) < 4.78 is 4.52. The monoisotopic (exact) mass is 248 g/mol. The Morgan fingerprint density at radius 2 is 2.25 bits per heavy atom. The first-order chi connectivity index (χ1) is 7.72. The Bertz CT molecular complexity index is 210. The normalized spacial score (nSPS) is 19.4. The molecule has 5 nitrogen and oxygen atoms in total. The minimum atomic E-state index is -0.368. The van der Waals surface area contributed by atoms with Gasteiger partial charge in [0.15, 0.2) is 0 Å². The molecular weight excluding hydrogens is 228 g/mol. The van der Waals surface area contributed by atoms with Crippen molar-refractivity contribution < 1.29 is 14.6 Å². The third-order valence-corrected chi connectivity index (χ3v) is 3.50. The fraction of sp³-hybridized carbons (Fsp3) is 0.900. The van der Waals surface area contributed by atoms with Crippen LogP contribution in [-0.2, 0) is 9.53 Å². The Kier molecular flexibility index (Phi) is 6.79. The van der Waals surface area contributed by atoms with Crippen molar-refractivity contribution in [2.75, 3.05) is 51.3 Å². The Balaban J connectivity index is 2.05. The lowest BCUT2D eigenvalue weighted by atomic mass is 10.3. The van der Waals surface area contributed by atoms with Gasteiger partial charge in [-0.3, -0.25) is 9.69 Å². The largest absolute Gasteiger partial charge is 0.468 e. The molecule has 2 N–H and O–H groups in total. The van der Waals surface area contributed by atoms with Gasteiger partial charge in [0.25, 0.3) is 0 Å². The Labute approximate surface area is 101 Å². The predicted molar refractivity (Wildman–Crippen MR) is 64.7 cm³/mol. The van der Waals surface area contributed by atoms with Crippen LogP contribution in [0.3, 0.4) is 0 Å². The zero-order valence-corrected chi connectivity index (χ0v) is 10.5. The molecule has 1 aliphatic rings. The number of piperazine rings is 1. The molecule has 0 aromatic rings. The Morgan fingerprint density at radius 1 is 1.56 bits per heavy atom. The first-order valence-electron chi connectivity index (χ1n) is 5.48. The van der Waals surface area contributed by atoms with E-state index in [9.17, 15) is 9.90 Å². The topological polar surface area (TPSA) is 61.8 Å². The van der Waals surface area contributed by atoms with E-state index < -0.39 is 0 Å². The quantitative estimate of drug-likeness (QED) is 0.598. The molecule has 0 amide bonds. The van der Waals surface area contributed by atoms with Gasteiger partial charge in [0.2, 0.25) is 0 Å². The third kappa shape index (κ3) is 5.69. The summed E-state index contributed by atoms with van der Waals surface area (Å²) >= 11 is 1.42. The van der Waals surface area contributed by atoms with Gasteiger partial charge in [-0.1, -0.05) is 0 Å². The maximum absolute atomic E-state index is 10.8. The third-order valence-electron chi connectivity index (χ3n) is 2.44. The lowest BCUT2D eigenvalue weighted by molar-refractivity contribution is -0.137. The van der Waals surface area contributed by atoms with Crippen LogP contribution in [0.5, 0.6) is 0 Å². The minimum Gasteiger partial charge on any atom is -0.468 e. The first kappa shape index (κ1) is 13.8. The van der Waals surface area contributed by atoms with Gasteiger partial charge in [0.1, 0.15) is 0 Å². The van der Waals surface area contributed by atoms with Crippen LogP contribution in [0.2, 0.25) is 0 Å². The molecule has 94 valence electrons. The maximum Gasteiger partial charge on any atom is 0.315 e. The van der Waals surface area contributed by atoms with E-state index in [1.807, 2.05) is 0 Å². The summed E-state index contributed by atoms with van der Waals surface area (Å²) in [6.07, 6.45) is -0.368. The summed E-state index contributed by atoms with van der Waals surface area (Å²) in [5.74, 6) is 0.660. The van der Waals surface area contributed by atoms with Gasteiger partial charge in [-0.2, -0.15) is 0 Å². The van der Waals surface area contributed by atoms with E-state index in [4.69, 9.17) is 0 Å². The van der Waals surface area contributed by atoms with E-state index in [1.165, 1.54) is 18.9 Å². The number of aliphatic hydroxyl groups excluding tert-OH is 1. The molecule has 0 aliphatic carbocycles. The highest BCUT2D eigenvalue weighted by atomic mass is 32.2. The average Bonchev–Trinajstić information content (AvgIpc) is 2.30. The molecule has 0 saturated carbocycles. The summed E-state index contributed by atoms with van der Waals surface area (Å²) in [7, 11) is 1.38. The van der Waals surface area contributed by atoms with E-state index >= 15 is 0 Å². The lowest BCUT2D eigenvalue weighted by Crippen LogP contribution is -2.46. The number of aliphatic hydroxyl groups is 1. The maximum atomic E-state index is 10.8. The van der Waals surface area contributed by atoms with Gasteiger partial charge < -0.3 is 15.2 Å². The fourth-order valence-corrected chi connectivity index (χ4v) is 2.36. The van der Waals surface area contributed by atoms with Crippen molar-refractivity contribution in [3.05, 3.63) is 0 Å². The number of hydrogen-bond acceptors (Lipinski definition) is 6. The SMILES string of the molecule is COC(=O)CSCC(O)CN1CCNCC1. The number of β-amino-alcohol motifs (C(OH)–C–C–N with tert-alkyl or cyclic N) is 1. The van der Waals surface area contributed by atoms with Crippen molar-refractivity contribution in [3.63, 3.8) is 0 Å². The van der Waals surface area contributed by atoms with Crippen LogP contribution in [0.25, 0.3) is 0 Å². The molecule has 1 rings (SSSR count). The molecule has 6 heteroatoms. The lowest BCUT2D eigenvalue weighted by Gasteiger charge is -2.28. The number of nitrogens with one attached hydrogen (secondary N) is 1. The fourth-order valence-electron chi connectivity index (χ4n) is 1.58. The second-order valence-electron chi connectivity index (χ2n) is 3.80. The molecule has 0 spiro atoms. The van der Waals surface area contributed by atoms with E-state index in [1.54, 1.807) is 0 Å². The van der Waals surface area contributed by atoms with Crippen LogP contribution in [-0.4, -0.2) is 73.4 Å². The molecule has 0 aromatic carbocycles. The predicted octanol–water partition coefficient (Wildman–Crippen LogP) is -0.841. The number of thioether (sulfide) groups is 1. The van der Waals surface area contributed by atoms with Crippen molar-refractivity contribution in [2.24, 2.45) is 0 Å². The van der Waals surface area contributed by atoms with Crippen molar-refractivity contribution in [2.45, 2.75) is 6.10 Å². The molecule has 0 radical (unpaired) electrons. The molecule has 16 heavy (non-hydrogen) atoms. The smallest absolute Gasteiger partial charge is 0.315 e. The standard InChI is InChI=1S/C10H20N2O3S/c1-15-10(14)8-16-7-9(13)6-12-4-2-11-3-5-12/h9,11,13H,2-8H2,1H3. The Hall–Kier alpha value is -0.300. The number of methoxy groups -OCH3 is 1. The van der Waals surface area contributed by atoms with Gasteiger partial charge in [-0.25, -0.2) is 0 Å². The van der Waals surface area contributed by atoms with Crippen LogP contribution < -0.4 is 5.32 Å². The highest BCUT2D eigenvalue weighted by molar-refractivity contribution is 7.99. The van der Waals surface area contributed by atoms with Gasteiger partial charge >= 0.3 is 5.97 Å². The van der Waals surface area contributed by atoms with Gasteiger partial charge in [0.05, 0.1) is 19.0 Å². The summed E-state index contributed by atoms with van der Waals surface area (Å²) in [6.45, 7) is 4.64. The van der Waals surface area contributed by atoms with E-state index in [0.29, 0.717) is 18.1 Å². The van der Waals surface area contributed by atoms with Crippen molar-refractivity contribution in [1.29, 1.82) is 0 Å². The van der Waals surface area contributed by atoms with Crippen molar-refractivity contribution in [1.82, 2.24) is 10.2 Å². The van der Waals surface area contributed by atoms with E-state index in [-0.39, 0.29) is 12.1 Å². The summed E-state index contributed by atoms with van der Waals surface area (Å²) in [6, 6.07) is 0. The Morgan fingerprint density at radius 3 is 2.88 bits per heavy atom. The molecular formula is C10H20N2O3S. The number of ether oxygens (including phenoxy) is 1. The second-order valence-corrected chi connectivity index (χ2v) is 4.83. The molecule has 0 aromatic heterocycles. The highest BCUT2D eigenvalue weighted by Crippen LogP contribution is 2.05. The minimum absolute atomic E-state index is 0.237. The molecule has 1 atom stereocenters. The zero-order valence-electron chi connectivity index (χ0n) is 9.65. The highest BCUT2D eigenvalue weighted by Gasteiger charge is 2.14. The van der Waals surface area contributed by atoms with Crippen molar-refractivity contribution in [3.8, 4) is 0 Å². The molecule has 0 bridgehead atoms. The second kappa shape index (κ2) is 7.89. The number of carbonyl (C=O) groups excluding carboxylic acids is 1. The van der Waals surface area contributed by atoms with Crippen LogP contribution in [0.4, 0.5) is 0 Å². The zero-order chi connectivity index (χ0) is 11.8. The molecule has 1 saturated heterocycles. The van der Waals surface area contributed by atoms with Crippen LogP contribution in [0, 0.1) is 0 Å². The number of esters is 1. The van der Waals surface area contributed by atoms with Crippen LogP contribution in [0.1, 0.15) is 0 Å². The number of hydrogen-bond donors (Lipinski definition) is 2. The summed E-state index contributed by atoms with van der Waals surface area (Å²) in [5.41, 5.74) is 0. The van der Waals surface area contributed by atoms with E-state index in [2.05, 4.69) is 15.0 Å². The number of carbonyl (C=O) groups is 1. The first-order valence-corrected chi connectivity index (χ1v) is 6.63. The van der Waals surface area contributed by atoms with Gasteiger partial charge in [-0.15, -0.1) is 11.8 Å². The number of rotatable bonds is 6. The van der Waals surface area contributed by atoms with Crippen molar-refractivity contribution >= 4 is 17.7 Å². The molecule has 1 heterocycles. The van der Waals surface area contributed by atoms with Gasteiger partial charge in [0, 0.05) is 38.5 Å². The van der Waals surface area contributed by atoms with Gasteiger partial charge in [-0.05, 0) is 0 Å². The molecule has 1 aliphatic heterocycles. The molecule has 1 fully saturated rings.